The summed E-state index contributed by atoms with van der Waals surface area (Å²) >= 11 is 6.04. The third-order valence-corrected chi connectivity index (χ3v) is 5.06. The average Bonchev–Trinajstić information content (AvgIpc) is 2.60. The van der Waals surface area contributed by atoms with Gasteiger partial charge in [-0.2, -0.15) is 0 Å². The van der Waals surface area contributed by atoms with Gasteiger partial charge in [0, 0.05) is 22.4 Å². The van der Waals surface area contributed by atoms with Gasteiger partial charge in [0.25, 0.3) is 0 Å². The van der Waals surface area contributed by atoms with E-state index in [2.05, 4.69) is 4.74 Å². The molecule has 0 unspecified atom stereocenters. The molecule has 0 aliphatic rings. The number of nitrogens with zero attached hydrogens (tertiary/aromatic N) is 1. The number of fused-ring (bicyclic) bond motifs is 1. The van der Waals surface area contributed by atoms with Crippen molar-refractivity contribution in [3.8, 4) is 5.75 Å². The molecule has 0 aliphatic carbocycles. The highest BCUT2D eigenvalue weighted by molar-refractivity contribution is 7.88. The van der Waals surface area contributed by atoms with E-state index < -0.39 is 39.1 Å². The van der Waals surface area contributed by atoms with E-state index >= 15 is 0 Å². The van der Waals surface area contributed by atoms with E-state index in [9.17, 15) is 22.4 Å². The number of benzene rings is 2. The molecule has 29 heavy (non-hydrogen) atoms. The van der Waals surface area contributed by atoms with Gasteiger partial charge in [-0.25, -0.2) is 22.7 Å². The van der Waals surface area contributed by atoms with E-state index in [4.69, 9.17) is 21.8 Å². The van der Waals surface area contributed by atoms with Gasteiger partial charge in [0.2, 0.25) is 15.5 Å². The van der Waals surface area contributed by atoms with Crippen molar-refractivity contribution in [2.45, 2.75) is 12.3 Å². The molecule has 2 aromatic carbocycles. The Morgan fingerprint density at radius 2 is 2.00 bits per heavy atom. The van der Waals surface area contributed by atoms with Crippen LogP contribution in [0.15, 0.2) is 47.4 Å². The maximum Gasteiger partial charge on any atom is 0.511 e. The SMILES string of the molecule is NS(=O)(=O)Cn1cc(OC(=O)O)c(=O)c2cc(Cc3c(F)cccc3Cl)ccc21. The van der Waals surface area contributed by atoms with Crippen molar-refractivity contribution < 1.29 is 27.4 Å². The standard InChI is InChI=1S/C18H14ClFN2O6S/c19-13-2-1-3-14(20)11(13)6-10-4-5-15-12(7-10)17(23)16(28-18(24)25)8-22(15)9-29(21,26)27/h1-5,7-8H,6,9H2,(H,24,25)(H2,21,26,27). The van der Waals surface area contributed by atoms with Gasteiger partial charge in [-0.1, -0.05) is 23.7 Å². The summed E-state index contributed by atoms with van der Waals surface area (Å²) in [5.41, 5.74) is 0.132. The zero-order valence-corrected chi connectivity index (χ0v) is 16.2. The van der Waals surface area contributed by atoms with E-state index in [1.165, 1.54) is 30.3 Å². The molecular weight excluding hydrogens is 427 g/mol. The number of primary sulfonamides is 1. The zero-order valence-electron chi connectivity index (χ0n) is 14.6. The monoisotopic (exact) mass is 440 g/mol. The smallest absolute Gasteiger partial charge is 0.449 e. The van der Waals surface area contributed by atoms with E-state index in [-0.39, 0.29) is 27.9 Å². The summed E-state index contributed by atoms with van der Waals surface area (Å²) in [4.78, 5) is 23.5. The minimum Gasteiger partial charge on any atom is -0.449 e. The van der Waals surface area contributed by atoms with Crippen LogP contribution < -0.4 is 15.3 Å². The third-order valence-electron chi connectivity index (χ3n) is 4.07. The number of aromatic nitrogens is 1. The average molecular weight is 441 g/mol. The molecule has 3 aromatic rings. The molecule has 8 nitrogen and oxygen atoms in total. The summed E-state index contributed by atoms with van der Waals surface area (Å²) in [5.74, 6) is -1.82. The first-order valence-corrected chi connectivity index (χ1v) is 10.1. The number of carbonyl (C=O) groups is 1. The van der Waals surface area contributed by atoms with Gasteiger partial charge in [0.15, 0.2) is 5.75 Å². The molecule has 0 amide bonds. The molecule has 3 N–H and O–H groups in total. The minimum absolute atomic E-state index is 0.0163. The highest BCUT2D eigenvalue weighted by Gasteiger charge is 2.17. The van der Waals surface area contributed by atoms with Gasteiger partial charge >= 0.3 is 6.16 Å². The summed E-state index contributed by atoms with van der Waals surface area (Å²) < 4.78 is 42.7. The fourth-order valence-electron chi connectivity index (χ4n) is 2.90. The van der Waals surface area contributed by atoms with Crippen LogP contribution in [-0.2, 0) is 22.3 Å². The predicted molar refractivity (Wildman–Crippen MR) is 104 cm³/mol. The van der Waals surface area contributed by atoms with Gasteiger partial charge in [0.1, 0.15) is 11.7 Å². The van der Waals surface area contributed by atoms with Crippen molar-refractivity contribution in [2.24, 2.45) is 5.14 Å². The lowest BCUT2D eigenvalue weighted by molar-refractivity contribution is 0.144. The van der Waals surface area contributed by atoms with Crippen LogP contribution in [0.3, 0.4) is 0 Å². The number of pyridine rings is 1. The molecule has 0 atom stereocenters. The molecule has 1 aromatic heterocycles. The lowest BCUT2D eigenvalue weighted by Crippen LogP contribution is -2.22. The van der Waals surface area contributed by atoms with E-state index in [1.807, 2.05) is 0 Å². The highest BCUT2D eigenvalue weighted by atomic mass is 35.5. The van der Waals surface area contributed by atoms with Gasteiger partial charge in [-0.3, -0.25) is 4.79 Å². The number of nitrogens with two attached hydrogens (primary N) is 1. The third kappa shape index (κ3) is 4.73. The molecule has 0 saturated heterocycles. The zero-order chi connectivity index (χ0) is 21.3. The number of hydrogen-bond donors (Lipinski definition) is 2. The number of hydrogen-bond acceptors (Lipinski definition) is 5. The van der Waals surface area contributed by atoms with Crippen LogP contribution in [0.2, 0.25) is 5.02 Å². The lowest BCUT2D eigenvalue weighted by Gasteiger charge is -2.13. The fraction of sp³-hybridized carbons (Fsp3) is 0.111. The second kappa shape index (κ2) is 7.82. The lowest BCUT2D eigenvalue weighted by atomic mass is 10.0. The summed E-state index contributed by atoms with van der Waals surface area (Å²) in [7, 11) is -4.01. The Bertz CT molecular complexity index is 1270. The topological polar surface area (TPSA) is 129 Å². The molecule has 3 rings (SSSR count). The van der Waals surface area contributed by atoms with Crippen LogP contribution in [-0.4, -0.2) is 24.2 Å². The van der Waals surface area contributed by atoms with Crippen molar-refractivity contribution in [1.82, 2.24) is 4.57 Å². The van der Waals surface area contributed by atoms with Crippen LogP contribution in [0.25, 0.3) is 10.9 Å². The van der Waals surface area contributed by atoms with Crippen LogP contribution in [0.5, 0.6) is 5.75 Å². The van der Waals surface area contributed by atoms with Crippen molar-refractivity contribution in [1.29, 1.82) is 0 Å². The Kier molecular flexibility index (Phi) is 5.60. The molecule has 0 bridgehead atoms. The van der Waals surface area contributed by atoms with Crippen molar-refractivity contribution in [2.75, 3.05) is 0 Å². The second-order valence-electron chi connectivity index (χ2n) is 6.18. The van der Waals surface area contributed by atoms with Gasteiger partial charge in [-0.15, -0.1) is 0 Å². The molecule has 152 valence electrons. The van der Waals surface area contributed by atoms with Crippen molar-refractivity contribution in [3.05, 3.63) is 74.8 Å². The summed E-state index contributed by atoms with van der Waals surface area (Å²) in [5, 5.41) is 14.1. The Labute approximate surface area is 168 Å². The molecule has 0 fully saturated rings. The molecular formula is C18H14ClFN2O6S. The largest absolute Gasteiger partial charge is 0.511 e. The quantitative estimate of drug-likeness (QED) is 0.587. The first kappa shape index (κ1) is 20.8. The summed E-state index contributed by atoms with van der Waals surface area (Å²) in [6.45, 7) is 0. The maximum atomic E-state index is 14.1. The van der Waals surface area contributed by atoms with Gasteiger partial charge < -0.3 is 14.4 Å². The molecule has 0 spiro atoms. The molecule has 1 heterocycles. The minimum atomic E-state index is -4.01. The number of carboxylic acid groups (broad SMARTS) is 1. The molecule has 11 heteroatoms. The molecule has 0 aliphatic heterocycles. The normalized spacial score (nSPS) is 11.6. The number of sulfonamides is 1. The van der Waals surface area contributed by atoms with Crippen molar-refractivity contribution in [3.63, 3.8) is 0 Å². The second-order valence-corrected chi connectivity index (χ2v) is 8.17. The first-order valence-electron chi connectivity index (χ1n) is 8.05. The van der Waals surface area contributed by atoms with Gasteiger partial charge in [-0.05, 0) is 29.8 Å². The number of rotatable bonds is 5. The molecule has 0 radical (unpaired) electrons. The highest BCUT2D eigenvalue weighted by Crippen LogP contribution is 2.24. The maximum absolute atomic E-state index is 14.1. The Morgan fingerprint density at radius 3 is 2.62 bits per heavy atom. The first-order chi connectivity index (χ1) is 13.5. The van der Waals surface area contributed by atoms with Crippen LogP contribution in [0, 0.1) is 5.82 Å². The van der Waals surface area contributed by atoms with Crippen LogP contribution in [0.1, 0.15) is 11.1 Å². The number of halogens is 2. The fourth-order valence-corrected chi connectivity index (χ4v) is 3.73. The predicted octanol–water partition coefficient (Wildman–Crippen LogP) is 2.69. The number of ether oxygens (including phenoxy) is 1. The molecule has 0 saturated carbocycles. The van der Waals surface area contributed by atoms with Crippen LogP contribution >= 0.6 is 11.6 Å². The van der Waals surface area contributed by atoms with E-state index in [0.717, 1.165) is 10.8 Å². The van der Waals surface area contributed by atoms with E-state index in [0.29, 0.717) is 5.56 Å². The van der Waals surface area contributed by atoms with Crippen molar-refractivity contribution >= 4 is 38.7 Å². The summed E-state index contributed by atoms with van der Waals surface area (Å²) in [6, 6.07) is 8.66. The Morgan fingerprint density at radius 1 is 1.28 bits per heavy atom. The Balaban J connectivity index is 2.19. The van der Waals surface area contributed by atoms with Crippen LogP contribution in [0.4, 0.5) is 9.18 Å². The Hall–Kier alpha value is -2.95. The van der Waals surface area contributed by atoms with E-state index in [1.54, 1.807) is 6.07 Å². The van der Waals surface area contributed by atoms with Gasteiger partial charge in [0.05, 0.1) is 11.7 Å². The summed E-state index contributed by atoms with van der Waals surface area (Å²) in [6.07, 6.45) is -0.727.